The molecule has 1 aromatic carbocycles. The summed E-state index contributed by atoms with van der Waals surface area (Å²) in [7, 11) is 0. The van der Waals surface area contributed by atoms with Gasteiger partial charge in [-0.3, -0.25) is 4.90 Å². The minimum Gasteiger partial charge on any atom is -0.281 e. The molecule has 0 aliphatic carbocycles. The van der Waals surface area contributed by atoms with E-state index in [2.05, 4.69) is 41.8 Å². The standard InChI is InChI=1S/C17H22N2/c1-2-3-7-11-17(15-18)12-8-13-19(17)14-16-9-5-4-6-10-16/h2,4-6,9-10H,1,3,7-8,11-14H2. The van der Waals surface area contributed by atoms with E-state index in [1.807, 2.05) is 12.1 Å². The van der Waals surface area contributed by atoms with E-state index in [1.54, 1.807) is 0 Å². The van der Waals surface area contributed by atoms with Gasteiger partial charge in [-0.2, -0.15) is 5.26 Å². The van der Waals surface area contributed by atoms with E-state index in [0.29, 0.717) is 0 Å². The molecular weight excluding hydrogens is 232 g/mol. The predicted octanol–water partition coefficient (Wildman–Crippen LogP) is 3.90. The molecule has 1 aromatic rings. The van der Waals surface area contributed by atoms with E-state index in [9.17, 15) is 5.26 Å². The summed E-state index contributed by atoms with van der Waals surface area (Å²) in [6.45, 7) is 5.69. The summed E-state index contributed by atoms with van der Waals surface area (Å²) in [4.78, 5) is 2.37. The van der Waals surface area contributed by atoms with E-state index in [1.165, 1.54) is 5.56 Å². The summed E-state index contributed by atoms with van der Waals surface area (Å²) in [6.07, 6.45) is 7.11. The summed E-state index contributed by atoms with van der Waals surface area (Å²) < 4.78 is 0. The van der Waals surface area contributed by atoms with Gasteiger partial charge in [0.05, 0.1) is 6.07 Å². The van der Waals surface area contributed by atoms with Crippen molar-refractivity contribution in [1.29, 1.82) is 5.26 Å². The highest BCUT2D eigenvalue weighted by Crippen LogP contribution is 2.34. The van der Waals surface area contributed by atoms with Gasteiger partial charge >= 0.3 is 0 Å². The van der Waals surface area contributed by atoms with Crippen LogP contribution in [-0.4, -0.2) is 17.0 Å². The SMILES string of the molecule is C=CCCCC1(C#N)CCCN1Cc1ccccc1. The van der Waals surface area contributed by atoms with E-state index in [4.69, 9.17) is 0 Å². The zero-order valence-electron chi connectivity index (χ0n) is 11.5. The molecule has 0 radical (unpaired) electrons. The number of nitriles is 1. The summed E-state index contributed by atoms with van der Waals surface area (Å²) in [6, 6.07) is 13.1. The van der Waals surface area contributed by atoms with Crippen molar-refractivity contribution >= 4 is 0 Å². The highest BCUT2D eigenvalue weighted by atomic mass is 15.2. The van der Waals surface area contributed by atoms with Gasteiger partial charge in [0, 0.05) is 13.1 Å². The average molecular weight is 254 g/mol. The van der Waals surface area contributed by atoms with Crippen molar-refractivity contribution in [2.75, 3.05) is 6.54 Å². The van der Waals surface area contributed by atoms with E-state index in [0.717, 1.165) is 45.2 Å². The second-order valence-corrected chi connectivity index (χ2v) is 5.33. The number of rotatable bonds is 6. The van der Waals surface area contributed by atoms with Crippen molar-refractivity contribution in [3.63, 3.8) is 0 Å². The predicted molar refractivity (Wildman–Crippen MR) is 78.5 cm³/mol. The molecule has 1 heterocycles. The number of benzene rings is 1. The Morgan fingerprint density at radius 2 is 2.16 bits per heavy atom. The highest BCUT2D eigenvalue weighted by Gasteiger charge is 2.40. The molecule has 1 aliphatic heterocycles. The Kier molecular flexibility index (Phi) is 4.76. The fraction of sp³-hybridized carbons (Fsp3) is 0.471. The van der Waals surface area contributed by atoms with Gasteiger partial charge in [0.1, 0.15) is 5.54 Å². The molecule has 0 aromatic heterocycles. The van der Waals surface area contributed by atoms with Crippen LogP contribution in [0.2, 0.25) is 0 Å². The van der Waals surface area contributed by atoms with Crippen LogP contribution in [0.3, 0.4) is 0 Å². The van der Waals surface area contributed by atoms with Gasteiger partial charge < -0.3 is 0 Å². The number of hydrogen-bond acceptors (Lipinski definition) is 2. The second kappa shape index (κ2) is 6.54. The lowest BCUT2D eigenvalue weighted by molar-refractivity contribution is 0.170. The van der Waals surface area contributed by atoms with Gasteiger partial charge in [0.2, 0.25) is 0 Å². The van der Waals surface area contributed by atoms with E-state index >= 15 is 0 Å². The van der Waals surface area contributed by atoms with Gasteiger partial charge in [0.25, 0.3) is 0 Å². The van der Waals surface area contributed by atoms with Crippen LogP contribution >= 0.6 is 0 Å². The number of allylic oxidation sites excluding steroid dienone is 1. The Hall–Kier alpha value is -1.59. The topological polar surface area (TPSA) is 27.0 Å². The molecule has 0 amide bonds. The highest BCUT2D eigenvalue weighted by molar-refractivity contribution is 5.18. The number of hydrogen-bond donors (Lipinski definition) is 0. The van der Waals surface area contributed by atoms with Gasteiger partial charge in [-0.1, -0.05) is 36.4 Å². The summed E-state index contributed by atoms with van der Waals surface area (Å²) in [5.74, 6) is 0. The third-order valence-electron chi connectivity index (χ3n) is 4.05. The van der Waals surface area contributed by atoms with Gasteiger partial charge in [-0.05, 0) is 37.7 Å². The number of likely N-dealkylation sites (tertiary alicyclic amines) is 1. The molecule has 1 unspecified atom stereocenters. The van der Waals surface area contributed by atoms with Crippen LogP contribution in [-0.2, 0) is 6.54 Å². The smallest absolute Gasteiger partial charge is 0.109 e. The van der Waals surface area contributed by atoms with Crippen LogP contribution in [0.1, 0.15) is 37.7 Å². The fourth-order valence-electron chi connectivity index (χ4n) is 2.97. The molecule has 0 bridgehead atoms. The molecule has 0 N–H and O–H groups in total. The van der Waals surface area contributed by atoms with Crippen LogP contribution in [0, 0.1) is 11.3 Å². The molecular formula is C17H22N2. The van der Waals surface area contributed by atoms with Gasteiger partial charge in [-0.15, -0.1) is 6.58 Å². The maximum Gasteiger partial charge on any atom is 0.109 e. The summed E-state index contributed by atoms with van der Waals surface area (Å²) in [5.41, 5.74) is 1.05. The van der Waals surface area contributed by atoms with E-state index in [-0.39, 0.29) is 5.54 Å². The number of nitrogens with zero attached hydrogens (tertiary/aromatic N) is 2. The lowest BCUT2D eigenvalue weighted by Crippen LogP contribution is -2.42. The zero-order chi connectivity index (χ0) is 13.6. The second-order valence-electron chi connectivity index (χ2n) is 5.33. The third kappa shape index (κ3) is 3.24. The maximum absolute atomic E-state index is 9.65. The Bertz CT molecular complexity index is 446. The Labute approximate surface area is 116 Å². The van der Waals surface area contributed by atoms with Crippen LogP contribution in [0.5, 0.6) is 0 Å². The molecule has 2 rings (SSSR count). The number of unbranched alkanes of at least 4 members (excludes halogenated alkanes) is 1. The van der Waals surface area contributed by atoms with Crippen LogP contribution in [0.25, 0.3) is 0 Å². The molecule has 1 saturated heterocycles. The normalized spacial score (nSPS) is 23.1. The Morgan fingerprint density at radius 3 is 2.84 bits per heavy atom. The molecule has 19 heavy (non-hydrogen) atoms. The van der Waals surface area contributed by atoms with E-state index < -0.39 is 0 Å². The van der Waals surface area contributed by atoms with Crippen LogP contribution < -0.4 is 0 Å². The van der Waals surface area contributed by atoms with Gasteiger partial charge in [-0.25, -0.2) is 0 Å². The largest absolute Gasteiger partial charge is 0.281 e. The summed E-state index contributed by atoms with van der Waals surface area (Å²) in [5, 5.41) is 9.65. The molecule has 2 heteroatoms. The maximum atomic E-state index is 9.65. The fourth-order valence-corrected chi connectivity index (χ4v) is 2.97. The van der Waals surface area contributed by atoms with Crippen molar-refractivity contribution in [3.05, 3.63) is 48.6 Å². The summed E-state index contributed by atoms with van der Waals surface area (Å²) >= 11 is 0. The average Bonchev–Trinajstić information content (AvgIpc) is 2.84. The Balaban J connectivity index is 2.05. The van der Waals surface area contributed by atoms with Crippen molar-refractivity contribution < 1.29 is 0 Å². The molecule has 1 fully saturated rings. The van der Waals surface area contributed by atoms with Crippen LogP contribution in [0.4, 0.5) is 0 Å². The first-order chi connectivity index (χ1) is 9.30. The minimum absolute atomic E-state index is 0.251. The van der Waals surface area contributed by atoms with Crippen molar-refractivity contribution in [1.82, 2.24) is 4.90 Å². The van der Waals surface area contributed by atoms with Gasteiger partial charge in [0.15, 0.2) is 0 Å². The minimum atomic E-state index is -0.251. The van der Waals surface area contributed by atoms with Crippen LogP contribution in [0.15, 0.2) is 43.0 Å². The molecule has 1 aliphatic rings. The first kappa shape index (κ1) is 13.8. The molecule has 1 atom stereocenters. The molecule has 2 nitrogen and oxygen atoms in total. The molecule has 100 valence electrons. The van der Waals surface area contributed by atoms with Crippen molar-refractivity contribution in [3.8, 4) is 6.07 Å². The zero-order valence-corrected chi connectivity index (χ0v) is 11.5. The Morgan fingerprint density at radius 1 is 1.37 bits per heavy atom. The monoisotopic (exact) mass is 254 g/mol. The quantitative estimate of drug-likeness (QED) is 0.568. The molecule has 0 spiro atoms. The third-order valence-corrected chi connectivity index (χ3v) is 4.05. The lowest BCUT2D eigenvalue weighted by Gasteiger charge is -2.32. The first-order valence-electron chi connectivity index (χ1n) is 7.12. The first-order valence-corrected chi connectivity index (χ1v) is 7.12. The lowest BCUT2D eigenvalue weighted by atomic mass is 9.91. The molecule has 0 saturated carbocycles. The van der Waals surface area contributed by atoms with Crippen molar-refractivity contribution in [2.45, 2.75) is 44.2 Å². The van der Waals surface area contributed by atoms with Crippen molar-refractivity contribution in [2.24, 2.45) is 0 Å².